The van der Waals surface area contributed by atoms with E-state index in [-0.39, 0.29) is 0 Å². The average molecular weight is 692 g/mol. The molecule has 2 nitrogen and oxygen atoms in total. The van der Waals surface area contributed by atoms with Crippen LogP contribution in [-0.2, 0) is 0 Å². The van der Waals surface area contributed by atoms with Crippen LogP contribution in [0, 0.1) is 0 Å². The molecule has 1 heterocycles. The fourth-order valence-electron chi connectivity index (χ4n) is 8.09. The number of benzene rings is 8. The largest absolute Gasteiger partial charge is 0.456 e. The minimum atomic E-state index is 0.338. The van der Waals surface area contributed by atoms with Gasteiger partial charge in [-0.3, -0.25) is 0 Å². The molecule has 0 aromatic heterocycles. The molecule has 1 atom stereocenters. The van der Waals surface area contributed by atoms with E-state index in [1.165, 1.54) is 38.8 Å². The molecule has 2 aliphatic rings. The van der Waals surface area contributed by atoms with Crippen molar-refractivity contribution in [2.24, 2.45) is 0 Å². The fraction of sp³-hybridized carbons (Fsp3) is 0.0385. The first kappa shape index (κ1) is 31.8. The third kappa shape index (κ3) is 5.79. The molecule has 0 radical (unpaired) electrons. The summed E-state index contributed by atoms with van der Waals surface area (Å²) in [4.78, 5) is 2.39. The number of rotatable bonds is 7. The number of nitrogens with zero attached hydrogens (tertiary/aromatic N) is 1. The van der Waals surface area contributed by atoms with Crippen LogP contribution in [0.5, 0.6) is 11.5 Å². The fourth-order valence-corrected chi connectivity index (χ4v) is 8.09. The molecule has 8 aromatic carbocycles. The molecule has 0 amide bonds. The van der Waals surface area contributed by atoms with E-state index >= 15 is 0 Å². The second-order valence-electron chi connectivity index (χ2n) is 14.1. The van der Waals surface area contributed by atoms with Gasteiger partial charge in [-0.15, -0.1) is 0 Å². The number of anilines is 3. The van der Waals surface area contributed by atoms with Crippen LogP contribution in [0.25, 0.3) is 49.7 Å². The molecule has 1 aliphatic carbocycles. The summed E-state index contributed by atoms with van der Waals surface area (Å²) in [5.74, 6) is 2.13. The molecule has 2 heteroatoms. The second kappa shape index (κ2) is 13.6. The molecule has 0 spiro atoms. The van der Waals surface area contributed by atoms with Crippen LogP contribution < -0.4 is 9.64 Å². The van der Waals surface area contributed by atoms with Crippen molar-refractivity contribution in [3.05, 3.63) is 217 Å². The van der Waals surface area contributed by atoms with Gasteiger partial charge in [0.1, 0.15) is 11.5 Å². The lowest BCUT2D eigenvalue weighted by molar-refractivity contribution is 0.487. The number of fused-ring (bicyclic) bond motifs is 2. The Morgan fingerprint density at radius 3 is 1.83 bits per heavy atom. The molecule has 1 unspecified atom stereocenters. The van der Waals surface area contributed by atoms with E-state index in [0.29, 0.717) is 5.92 Å². The highest BCUT2D eigenvalue weighted by Gasteiger charge is 2.23. The molecule has 10 rings (SSSR count). The van der Waals surface area contributed by atoms with Crippen LogP contribution >= 0.6 is 0 Å². The third-order valence-electron chi connectivity index (χ3n) is 10.8. The predicted octanol–water partition coefficient (Wildman–Crippen LogP) is 14.5. The maximum atomic E-state index is 6.48. The average Bonchev–Trinajstić information content (AvgIpc) is 3.25. The van der Waals surface area contributed by atoms with Gasteiger partial charge in [0.15, 0.2) is 0 Å². The zero-order valence-electron chi connectivity index (χ0n) is 29.8. The summed E-state index contributed by atoms with van der Waals surface area (Å²) in [6, 6.07) is 67.5. The van der Waals surface area contributed by atoms with Crippen molar-refractivity contribution in [1.82, 2.24) is 0 Å². The Morgan fingerprint density at radius 1 is 0.463 bits per heavy atom. The summed E-state index contributed by atoms with van der Waals surface area (Å²) in [5, 5.41) is 2.35. The van der Waals surface area contributed by atoms with Crippen molar-refractivity contribution in [2.75, 3.05) is 4.90 Å². The van der Waals surface area contributed by atoms with Gasteiger partial charge in [-0.25, -0.2) is 0 Å². The highest BCUT2D eigenvalue weighted by atomic mass is 16.5. The van der Waals surface area contributed by atoms with Gasteiger partial charge < -0.3 is 9.64 Å². The summed E-state index contributed by atoms with van der Waals surface area (Å²) < 4.78 is 6.48. The van der Waals surface area contributed by atoms with Gasteiger partial charge in [0.2, 0.25) is 0 Å². The molecule has 0 fully saturated rings. The number of hydrogen-bond donors (Lipinski definition) is 0. The van der Waals surface area contributed by atoms with Gasteiger partial charge in [0, 0.05) is 33.8 Å². The van der Waals surface area contributed by atoms with E-state index in [9.17, 15) is 0 Å². The van der Waals surface area contributed by atoms with E-state index in [4.69, 9.17) is 4.74 Å². The van der Waals surface area contributed by atoms with E-state index in [1.807, 2.05) is 0 Å². The molecule has 0 saturated heterocycles. The first-order chi connectivity index (χ1) is 26.8. The quantitative estimate of drug-likeness (QED) is 0.165. The number of hydrogen-bond acceptors (Lipinski definition) is 2. The molecule has 0 bridgehead atoms. The number of ether oxygens (including phenoxy) is 1. The van der Waals surface area contributed by atoms with Crippen molar-refractivity contribution in [3.8, 4) is 44.9 Å². The van der Waals surface area contributed by atoms with Crippen LogP contribution in [0.15, 0.2) is 206 Å². The summed E-state index contributed by atoms with van der Waals surface area (Å²) in [7, 11) is 0. The molecule has 0 saturated carbocycles. The van der Waals surface area contributed by atoms with Crippen LogP contribution in [0.1, 0.15) is 23.5 Å². The number of allylic oxidation sites excluding steroid dienone is 4. The van der Waals surface area contributed by atoms with E-state index in [1.54, 1.807) is 0 Å². The molecule has 1 aliphatic heterocycles. The van der Waals surface area contributed by atoms with Crippen molar-refractivity contribution < 1.29 is 4.74 Å². The zero-order valence-corrected chi connectivity index (χ0v) is 29.8. The SMILES string of the molecule is C1=CC(c2ccc(N(c3ccc(-c4ccccc4)cc3)c3ccccc3-c3ccc4c(c3)-c3cccc5cccc(c35)O4)cc2)CC=C1c1ccccc1. The van der Waals surface area contributed by atoms with E-state index < -0.39 is 0 Å². The minimum absolute atomic E-state index is 0.338. The Kier molecular flexibility index (Phi) is 8.00. The smallest absolute Gasteiger partial charge is 0.135 e. The Labute approximate surface area is 316 Å². The molecular weight excluding hydrogens is 655 g/mol. The maximum absolute atomic E-state index is 6.48. The maximum Gasteiger partial charge on any atom is 0.135 e. The first-order valence-corrected chi connectivity index (χ1v) is 18.7. The lowest BCUT2D eigenvalue weighted by Crippen LogP contribution is -2.11. The zero-order chi connectivity index (χ0) is 35.8. The van der Waals surface area contributed by atoms with Crippen LogP contribution in [0.2, 0.25) is 0 Å². The van der Waals surface area contributed by atoms with Gasteiger partial charge in [-0.2, -0.15) is 0 Å². The topological polar surface area (TPSA) is 12.5 Å². The predicted molar refractivity (Wildman–Crippen MR) is 226 cm³/mol. The van der Waals surface area contributed by atoms with Crippen LogP contribution in [-0.4, -0.2) is 0 Å². The second-order valence-corrected chi connectivity index (χ2v) is 14.1. The van der Waals surface area contributed by atoms with Crippen molar-refractivity contribution in [1.29, 1.82) is 0 Å². The van der Waals surface area contributed by atoms with Gasteiger partial charge in [-0.1, -0.05) is 158 Å². The molecule has 54 heavy (non-hydrogen) atoms. The highest BCUT2D eigenvalue weighted by molar-refractivity contribution is 6.05. The van der Waals surface area contributed by atoms with Gasteiger partial charge in [0.25, 0.3) is 0 Å². The summed E-state index contributed by atoms with van der Waals surface area (Å²) in [6.07, 6.45) is 7.98. The Balaban J connectivity index is 1.05. The van der Waals surface area contributed by atoms with E-state index in [0.717, 1.165) is 57.1 Å². The van der Waals surface area contributed by atoms with Gasteiger partial charge in [0.05, 0.1) is 5.69 Å². The third-order valence-corrected chi connectivity index (χ3v) is 10.8. The van der Waals surface area contributed by atoms with Crippen molar-refractivity contribution >= 4 is 33.4 Å². The van der Waals surface area contributed by atoms with Crippen molar-refractivity contribution in [3.63, 3.8) is 0 Å². The van der Waals surface area contributed by atoms with Gasteiger partial charge >= 0.3 is 0 Å². The minimum Gasteiger partial charge on any atom is -0.456 e. The van der Waals surface area contributed by atoms with Gasteiger partial charge in [-0.05, 0) is 99.3 Å². The normalized spacial score (nSPS) is 14.2. The Bertz CT molecular complexity index is 2690. The lowest BCUT2D eigenvalue weighted by atomic mass is 9.88. The Hall–Kier alpha value is -6.90. The highest BCUT2D eigenvalue weighted by Crippen LogP contribution is 2.49. The first-order valence-electron chi connectivity index (χ1n) is 18.7. The molecular formula is C52H37NO. The molecule has 256 valence electrons. The molecule has 0 N–H and O–H groups in total. The van der Waals surface area contributed by atoms with E-state index in [2.05, 4.69) is 211 Å². The summed E-state index contributed by atoms with van der Waals surface area (Å²) in [6.45, 7) is 0. The standard InChI is InChI=1S/C52H37NO/c1-3-11-36(12-4-1)38-21-23-39(24-22-38)41-27-32-45(33-28-41)53(44-30-25-40(26-31-44)37-13-5-2-6-14-37)49-19-8-7-17-46(49)43-29-34-50-48(35-43)47-18-9-15-42-16-10-20-51(54-50)52(42)47/h1-23,25-35,39H,24H2. The monoisotopic (exact) mass is 691 g/mol. The van der Waals surface area contributed by atoms with Crippen LogP contribution in [0.4, 0.5) is 17.1 Å². The Morgan fingerprint density at radius 2 is 1.09 bits per heavy atom. The lowest BCUT2D eigenvalue weighted by Gasteiger charge is -2.29. The summed E-state index contributed by atoms with van der Waals surface area (Å²) in [5.41, 5.74) is 14.2. The molecule has 8 aromatic rings. The summed E-state index contributed by atoms with van der Waals surface area (Å²) >= 11 is 0. The van der Waals surface area contributed by atoms with Crippen molar-refractivity contribution in [2.45, 2.75) is 12.3 Å². The van der Waals surface area contributed by atoms with Crippen LogP contribution in [0.3, 0.4) is 0 Å². The number of para-hydroxylation sites is 1.